The number of esters is 1. The van der Waals surface area contributed by atoms with E-state index >= 15 is 0 Å². The summed E-state index contributed by atoms with van der Waals surface area (Å²) in [6.07, 6.45) is -2.64. The third-order valence-corrected chi connectivity index (χ3v) is 3.02. The Hall–Kier alpha value is -3.36. The molecule has 0 radical (unpaired) electrons. The molecular weight excluding hydrogens is 370 g/mol. The largest absolute Gasteiger partial charge is 0.573 e. The minimum absolute atomic E-state index is 0.181. The average Bonchev–Trinajstić information content (AvgIpc) is 2.60. The molecule has 0 aromatic heterocycles. The van der Waals surface area contributed by atoms with Gasteiger partial charge in [0.2, 0.25) is 0 Å². The molecule has 1 amide bonds. The van der Waals surface area contributed by atoms with Crippen molar-refractivity contribution in [1.82, 2.24) is 0 Å². The number of carbonyl (C=O) groups excluding carboxylic acids is 2. The maximum atomic E-state index is 13.4. The number of carbonyl (C=O) groups is 2. The highest BCUT2D eigenvalue weighted by Gasteiger charge is 2.30. The maximum absolute atomic E-state index is 13.4. The van der Waals surface area contributed by atoms with E-state index in [2.05, 4.69) is 10.1 Å². The van der Waals surface area contributed by atoms with Gasteiger partial charge in [0.25, 0.3) is 5.91 Å². The van der Waals surface area contributed by atoms with Gasteiger partial charge < -0.3 is 14.8 Å². The van der Waals surface area contributed by atoms with E-state index in [1.165, 1.54) is 36.4 Å². The van der Waals surface area contributed by atoms with Gasteiger partial charge in [-0.05, 0) is 36.4 Å². The first-order valence-electron chi connectivity index (χ1n) is 7.48. The van der Waals surface area contributed by atoms with Crippen LogP contribution in [0, 0.1) is 5.82 Å². The van der Waals surface area contributed by atoms with Gasteiger partial charge in [-0.25, -0.2) is 9.18 Å². The number of benzene rings is 2. The molecule has 27 heavy (non-hydrogen) atoms. The van der Waals surface area contributed by atoms with Crippen LogP contribution in [0.25, 0.3) is 6.08 Å². The first kappa shape index (κ1) is 20.0. The molecule has 0 saturated carbocycles. The van der Waals surface area contributed by atoms with Crippen LogP contribution < -0.4 is 10.1 Å². The van der Waals surface area contributed by atoms with Gasteiger partial charge in [-0.1, -0.05) is 18.2 Å². The molecule has 1 N–H and O–H groups in total. The Morgan fingerprint density at radius 1 is 1.04 bits per heavy atom. The van der Waals surface area contributed by atoms with Crippen LogP contribution in [0.5, 0.6) is 5.75 Å². The lowest BCUT2D eigenvalue weighted by molar-refractivity contribution is -0.274. The molecule has 9 heteroatoms. The molecule has 0 unspecified atom stereocenters. The zero-order chi connectivity index (χ0) is 19.9. The molecule has 0 saturated heterocycles. The first-order valence-corrected chi connectivity index (χ1v) is 7.48. The monoisotopic (exact) mass is 383 g/mol. The lowest BCUT2D eigenvalue weighted by Crippen LogP contribution is -2.20. The van der Waals surface area contributed by atoms with Crippen LogP contribution in [0.15, 0.2) is 54.6 Å². The Morgan fingerprint density at radius 3 is 2.33 bits per heavy atom. The Morgan fingerprint density at radius 2 is 1.70 bits per heavy atom. The normalized spacial score (nSPS) is 11.3. The van der Waals surface area contributed by atoms with E-state index in [1.54, 1.807) is 6.07 Å². The second-order valence-corrected chi connectivity index (χ2v) is 5.08. The number of nitrogens with one attached hydrogen (secondary N) is 1. The van der Waals surface area contributed by atoms with Crippen molar-refractivity contribution >= 4 is 23.6 Å². The van der Waals surface area contributed by atoms with Crippen LogP contribution in [0.2, 0.25) is 0 Å². The van der Waals surface area contributed by atoms with E-state index in [0.717, 1.165) is 18.2 Å². The predicted octanol–water partition coefficient (Wildman–Crippen LogP) is 3.92. The van der Waals surface area contributed by atoms with Gasteiger partial charge in [0.05, 0.1) is 0 Å². The number of amides is 1. The number of halogens is 4. The van der Waals surface area contributed by atoms with Gasteiger partial charge >= 0.3 is 12.3 Å². The van der Waals surface area contributed by atoms with Crippen LogP contribution >= 0.6 is 0 Å². The molecule has 2 aromatic carbocycles. The number of ether oxygens (including phenoxy) is 2. The van der Waals surface area contributed by atoms with Crippen molar-refractivity contribution in [1.29, 1.82) is 0 Å². The number of alkyl halides is 3. The molecule has 0 fully saturated rings. The molecule has 0 bridgehead atoms. The summed E-state index contributed by atoms with van der Waals surface area (Å²) in [6, 6.07) is 10.2. The molecule has 5 nitrogen and oxygen atoms in total. The van der Waals surface area contributed by atoms with Crippen molar-refractivity contribution < 1.29 is 36.6 Å². The Bertz CT molecular complexity index is 832. The summed E-state index contributed by atoms with van der Waals surface area (Å²) in [5.41, 5.74) is 0.368. The van der Waals surface area contributed by atoms with Gasteiger partial charge in [0, 0.05) is 17.3 Å². The quantitative estimate of drug-likeness (QED) is 0.467. The predicted molar refractivity (Wildman–Crippen MR) is 88.1 cm³/mol. The second kappa shape index (κ2) is 8.84. The van der Waals surface area contributed by atoms with E-state index < -0.39 is 36.4 Å². The summed E-state index contributed by atoms with van der Waals surface area (Å²) in [5, 5.41) is 2.33. The Kier molecular flexibility index (Phi) is 6.53. The lowest BCUT2D eigenvalue weighted by atomic mass is 10.2. The van der Waals surface area contributed by atoms with Crippen molar-refractivity contribution in [3.05, 3.63) is 66.0 Å². The topological polar surface area (TPSA) is 64.6 Å². The third-order valence-electron chi connectivity index (χ3n) is 3.02. The van der Waals surface area contributed by atoms with Gasteiger partial charge in [-0.15, -0.1) is 13.2 Å². The van der Waals surface area contributed by atoms with Gasteiger partial charge in [0.15, 0.2) is 6.61 Å². The molecule has 0 aliphatic carbocycles. The Balaban J connectivity index is 1.80. The SMILES string of the molecule is O=C(COC(=O)/C=C/c1ccccc1F)Nc1ccc(OC(F)(F)F)cc1. The van der Waals surface area contributed by atoms with E-state index in [-0.39, 0.29) is 11.3 Å². The fourth-order valence-corrected chi connectivity index (χ4v) is 1.89. The van der Waals surface area contributed by atoms with Crippen molar-refractivity contribution in [3.8, 4) is 5.75 Å². The van der Waals surface area contributed by atoms with Crippen LogP contribution in [0.3, 0.4) is 0 Å². The van der Waals surface area contributed by atoms with Crippen molar-refractivity contribution in [2.45, 2.75) is 6.36 Å². The minimum Gasteiger partial charge on any atom is -0.452 e. The second-order valence-electron chi connectivity index (χ2n) is 5.08. The van der Waals surface area contributed by atoms with Crippen molar-refractivity contribution in [2.24, 2.45) is 0 Å². The van der Waals surface area contributed by atoms with Gasteiger partial charge in [-0.3, -0.25) is 4.79 Å². The number of rotatable bonds is 6. The van der Waals surface area contributed by atoms with Crippen LogP contribution in [-0.2, 0) is 14.3 Å². The summed E-state index contributed by atoms with van der Waals surface area (Å²) >= 11 is 0. The highest BCUT2D eigenvalue weighted by atomic mass is 19.4. The molecule has 0 aliphatic heterocycles. The molecule has 142 valence electrons. The van der Waals surface area contributed by atoms with E-state index in [0.29, 0.717) is 0 Å². The summed E-state index contributed by atoms with van der Waals surface area (Å²) in [5.74, 6) is -2.52. The summed E-state index contributed by atoms with van der Waals surface area (Å²) < 4.78 is 57.9. The smallest absolute Gasteiger partial charge is 0.452 e. The van der Waals surface area contributed by atoms with Gasteiger partial charge in [0.1, 0.15) is 11.6 Å². The molecule has 0 atom stereocenters. The third kappa shape index (κ3) is 7.18. The highest BCUT2D eigenvalue weighted by molar-refractivity contribution is 5.94. The van der Waals surface area contributed by atoms with E-state index in [4.69, 9.17) is 4.74 Å². The fourth-order valence-electron chi connectivity index (χ4n) is 1.89. The summed E-state index contributed by atoms with van der Waals surface area (Å²) in [4.78, 5) is 23.2. The zero-order valence-electron chi connectivity index (χ0n) is 13.6. The van der Waals surface area contributed by atoms with Crippen molar-refractivity contribution in [3.63, 3.8) is 0 Å². The maximum Gasteiger partial charge on any atom is 0.573 e. The molecule has 0 spiro atoms. The highest BCUT2D eigenvalue weighted by Crippen LogP contribution is 2.23. The van der Waals surface area contributed by atoms with Crippen LogP contribution in [0.4, 0.5) is 23.2 Å². The molecule has 0 heterocycles. The molecular formula is C18H13F4NO4. The Labute approximate surface area is 151 Å². The van der Waals surface area contributed by atoms with Crippen LogP contribution in [-0.4, -0.2) is 24.8 Å². The average molecular weight is 383 g/mol. The molecule has 2 rings (SSSR count). The van der Waals surface area contributed by atoms with E-state index in [1.807, 2.05) is 0 Å². The lowest BCUT2D eigenvalue weighted by Gasteiger charge is -2.10. The van der Waals surface area contributed by atoms with E-state index in [9.17, 15) is 27.2 Å². The first-order chi connectivity index (χ1) is 12.7. The zero-order valence-corrected chi connectivity index (χ0v) is 13.6. The summed E-state index contributed by atoms with van der Waals surface area (Å²) in [6.45, 7) is -0.624. The van der Waals surface area contributed by atoms with Crippen LogP contribution in [0.1, 0.15) is 5.56 Å². The number of anilines is 1. The summed E-state index contributed by atoms with van der Waals surface area (Å²) in [7, 11) is 0. The van der Waals surface area contributed by atoms with Gasteiger partial charge in [-0.2, -0.15) is 0 Å². The number of hydrogen-bond acceptors (Lipinski definition) is 4. The number of hydrogen-bond donors (Lipinski definition) is 1. The minimum atomic E-state index is -4.81. The standard InChI is InChI=1S/C18H13F4NO4/c19-15-4-2-1-3-12(15)5-10-17(25)26-11-16(24)23-13-6-8-14(9-7-13)27-18(20,21)22/h1-10H,11H2,(H,23,24)/b10-5+. The molecule has 0 aliphatic rings. The molecule has 2 aromatic rings. The fraction of sp³-hybridized carbons (Fsp3) is 0.111. The van der Waals surface area contributed by atoms with Crippen molar-refractivity contribution in [2.75, 3.05) is 11.9 Å².